The van der Waals surface area contributed by atoms with Crippen molar-refractivity contribution in [1.29, 1.82) is 0 Å². The van der Waals surface area contributed by atoms with E-state index in [9.17, 15) is 9.18 Å². The fourth-order valence-electron chi connectivity index (χ4n) is 1.20. The molecule has 0 amide bonds. The Kier molecular flexibility index (Phi) is 3.01. The van der Waals surface area contributed by atoms with Gasteiger partial charge in [0.1, 0.15) is 5.82 Å². The number of nitrogens with two attached hydrogens (primary N) is 1. The van der Waals surface area contributed by atoms with Crippen LogP contribution in [0.2, 0.25) is 0 Å². The van der Waals surface area contributed by atoms with Crippen LogP contribution in [0, 0.1) is 5.82 Å². The molecule has 0 atom stereocenters. The van der Waals surface area contributed by atoms with E-state index in [0.29, 0.717) is 0 Å². The number of carbonyl (C=O) groups excluding carboxylic acids is 1. The van der Waals surface area contributed by atoms with Crippen LogP contribution in [0.25, 0.3) is 0 Å². The summed E-state index contributed by atoms with van der Waals surface area (Å²) in [5.74, 6) is -0.739. The predicted octanol–water partition coefficient (Wildman–Crippen LogP) is 2.14. The zero-order chi connectivity index (χ0) is 10.8. The van der Waals surface area contributed by atoms with Crippen molar-refractivity contribution in [2.45, 2.75) is 25.8 Å². The highest BCUT2D eigenvalue weighted by atomic mass is 19.1. The minimum absolute atomic E-state index is 0.117. The number of hydrogen-bond donors (Lipinski definition) is 1. The van der Waals surface area contributed by atoms with Crippen molar-refractivity contribution in [3.05, 3.63) is 35.6 Å². The first-order valence-corrected chi connectivity index (χ1v) is 4.47. The summed E-state index contributed by atoms with van der Waals surface area (Å²) in [4.78, 5) is 11.6. The van der Waals surface area contributed by atoms with Crippen LogP contribution < -0.4 is 5.73 Å². The normalized spacial score (nSPS) is 11.4. The minimum atomic E-state index is -0.598. The zero-order valence-corrected chi connectivity index (χ0v) is 8.38. The Labute approximate surface area is 82.9 Å². The molecule has 1 aromatic rings. The van der Waals surface area contributed by atoms with E-state index in [1.54, 1.807) is 26.0 Å². The molecule has 0 unspecified atom stereocenters. The Hall–Kier alpha value is -1.22. The van der Waals surface area contributed by atoms with Crippen molar-refractivity contribution in [3.8, 4) is 0 Å². The van der Waals surface area contributed by atoms with Crippen LogP contribution in [0.4, 0.5) is 4.39 Å². The van der Waals surface area contributed by atoms with Crippen molar-refractivity contribution >= 4 is 5.78 Å². The predicted molar refractivity (Wildman–Crippen MR) is 53.6 cm³/mol. The Morgan fingerprint density at radius 2 is 2.00 bits per heavy atom. The topological polar surface area (TPSA) is 43.1 Å². The largest absolute Gasteiger partial charge is 0.325 e. The molecule has 0 aliphatic rings. The lowest BCUT2D eigenvalue weighted by Crippen LogP contribution is -2.34. The molecule has 0 aliphatic heterocycles. The molecule has 3 heteroatoms. The molecule has 0 bridgehead atoms. The molecule has 14 heavy (non-hydrogen) atoms. The highest BCUT2D eigenvalue weighted by Crippen LogP contribution is 2.13. The van der Waals surface area contributed by atoms with E-state index in [4.69, 9.17) is 5.73 Å². The van der Waals surface area contributed by atoms with Gasteiger partial charge in [-0.25, -0.2) is 4.39 Å². The fourth-order valence-corrected chi connectivity index (χ4v) is 1.20. The maximum atomic E-state index is 13.2. The Bertz CT molecular complexity index is 341. The number of rotatable bonds is 3. The molecule has 0 saturated heterocycles. The van der Waals surface area contributed by atoms with Gasteiger partial charge < -0.3 is 5.73 Å². The molecule has 0 fully saturated rings. The van der Waals surface area contributed by atoms with Crippen LogP contribution in [0.1, 0.15) is 30.6 Å². The third kappa shape index (κ3) is 2.92. The summed E-state index contributed by atoms with van der Waals surface area (Å²) in [6.07, 6.45) is 0.147. The smallest absolute Gasteiger partial charge is 0.167 e. The van der Waals surface area contributed by atoms with Crippen LogP contribution >= 0.6 is 0 Å². The first-order valence-electron chi connectivity index (χ1n) is 4.47. The lowest BCUT2D eigenvalue weighted by molar-refractivity contribution is 0.0956. The summed E-state index contributed by atoms with van der Waals surface area (Å²) in [5, 5.41) is 0. The van der Waals surface area contributed by atoms with Gasteiger partial charge >= 0.3 is 0 Å². The number of hydrogen-bond acceptors (Lipinski definition) is 2. The lowest BCUT2D eigenvalue weighted by atomic mass is 9.95. The second kappa shape index (κ2) is 3.88. The highest BCUT2D eigenvalue weighted by Gasteiger charge is 2.19. The van der Waals surface area contributed by atoms with Crippen LogP contribution in [-0.2, 0) is 0 Å². The quantitative estimate of drug-likeness (QED) is 0.751. The molecule has 2 nitrogen and oxygen atoms in total. The van der Waals surface area contributed by atoms with Gasteiger partial charge in [0.05, 0.1) is 5.56 Å². The summed E-state index contributed by atoms with van der Waals surface area (Å²) in [6, 6.07) is 5.94. The number of Topliss-reactive ketones (excluding diaryl/α,β-unsaturated/α-hetero) is 1. The van der Waals surface area contributed by atoms with Gasteiger partial charge in [-0.3, -0.25) is 4.79 Å². The van der Waals surface area contributed by atoms with Gasteiger partial charge in [0.2, 0.25) is 0 Å². The SMILES string of the molecule is CC(C)(N)CC(=O)c1ccccc1F. The Morgan fingerprint density at radius 3 is 2.50 bits per heavy atom. The third-order valence-electron chi connectivity index (χ3n) is 1.79. The van der Waals surface area contributed by atoms with Crippen LogP contribution in [0.15, 0.2) is 24.3 Å². The maximum absolute atomic E-state index is 13.2. The molecule has 1 rings (SSSR count). The van der Waals surface area contributed by atoms with E-state index >= 15 is 0 Å². The number of ketones is 1. The lowest BCUT2D eigenvalue weighted by Gasteiger charge is -2.17. The number of carbonyl (C=O) groups is 1. The standard InChI is InChI=1S/C11H14FNO/c1-11(2,13)7-10(14)8-5-3-4-6-9(8)12/h3-6H,7,13H2,1-2H3. The van der Waals surface area contributed by atoms with Gasteiger partial charge in [0.25, 0.3) is 0 Å². The summed E-state index contributed by atoms with van der Waals surface area (Å²) >= 11 is 0. The highest BCUT2D eigenvalue weighted by molar-refractivity contribution is 5.96. The third-order valence-corrected chi connectivity index (χ3v) is 1.79. The first kappa shape index (κ1) is 10.9. The monoisotopic (exact) mass is 195 g/mol. The van der Waals surface area contributed by atoms with Gasteiger partial charge in [-0.15, -0.1) is 0 Å². The van der Waals surface area contributed by atoms with Gasteiger partial charge in [-0.05, 0) is 26.0 Å². The molecule has 0 heterocycles. The van der Waals surface area contributed by atoms with Crippen molar-refractivity contribution in [2.24, 2.45) is 5.73 Å². The molecule has 1 aromatic carbocycles. The van der Waals surface area contributed by atoms with E-state index < -0.39 is 11.4 Å². The van der Waals surface area contributed by atoms with Crippen LogP contribution in [-0.4, -0.2) is 11.3 Å². The molecule has 2 N–H and O–H groups in total. The summed E-state index contributed by atoms with van der Waals surface area (Å²) in [6.45, 7) is 3.48. The van der Waals surface area contributed by atoms with E-state index in [-0.39, 0.29) is 17.8 Å². The van der Waals surface area contributed by atoms with Crippen molar-refractivity contribution in [3.63, 3.8) is 0 Å². The van der Waals surface area contributed by atoms with Crippen molar-refractivity contribution in [1.82, 2.24) is 0 Å². The average molecular weight is 195 g/mol. The van der Waals surface area contributed by atoms with Gasteiger partial charge in [-0.2, -0.15) is 0 Å². The maximum Gasteiger partial charge on any atom is 0.167 e. The van der Waals surface area contributed by atoms with Crippen molar-refractivity contribution in [2.75, 3.05) is 0 Å². The number of halogens is 1. The molecular weight excluding hydrogens is 181 g/mol. The van der Waals surface area contributed by atoms with Gasteiger partial charge in [-0.1, -0.05) is 12.1 Å². The molecule has 76 valence electrons. The van der Waals surface area contributed by atoms with Crippen molar-refractivity contribution < 1.29 is 9.18 Å². The minimum Gasteiger partial charge on any atom is -0.325 e. The van der Waals surface area contributed by atoms with Gasteiger partial charge in [0.15, 0.2) is 5.78 Å². The van der Waals surface area contributed by atoms with E-state index in [0.717, 1.165) is 0 Å². The summed E-state index contributed by atoms with van der Waals surface area (Å²) in [5.41, 5.74) is 5.20. The Balaban J connectivity index is 2.86. The fraction of sp³-hybridized carbons (Fsp3) is 0.364. The van der Waals surface area contributed by atoms with E-state index in [1.165, 1.54) is 12.1 Å². The zero-order valence-electron chi connectivity index (χ0n) is 8.38. The van der Waals surface area contributed by atoms with E-state index in [1.807, 2.05) is 0 Å². The average Bonchev–Trinajstić information content (AvgIpc) is 2.01. The molecular formula is C11H14FNO. The summed E-state index contributed by atoms with van der Waals surface area (Å²) < 4.78 is 13.2. The first-order chi connectivity index (χ1) is 6.40. The number of benzene rings is 1. The second-order valence-corrected chi connectivity index (χ2v) is 4.07. The van der Waals surface area contributed by atoms with E-state index in [2.05, 4.69) is 0 Å². The van der Waals surface area contributed by atoms with Gasteiger partial charge in [0, 0.05) is 12.0 Å². The molecule has 0 aromatic heterocycles. The van der Waals surface area contributed by atoms with Crippen LogP contribution in [0.5, 0.6) is 0 Å². The van der Waals surface area contributed by atoms with Crippen LogP contribution in [0.3, 0.4) is 0 Å². The summed E-state index contributed by atoms with van der Waals surface area (Å²) in [7, 11) is 0. The molecule has 0 aliphatic carbocycles. The molecule has 0 radical (unpaired) electrons. The molecule has 0 spiro atoms. The Morgan fingerprint density at radius 1 is 1.43 bits per heavy atom. The second-order valence-electron chi connectivity index (χ2n) is 4.07. The molecule has 0 saturated carbocycles.